The van der Waals surface area contributed by atoms with Crippen LogP contribution in [-0.4, -0.2) is 31.7 Å². The molecule has 0 saturated carbocycles. The van der Waals surface area contributed by atoms with Gasteiger partial charge in [0.05, 0.1) is 5.75 Å². The summed E-state index contributed by atoms with van der Waals surface area (Å²) in [5, 5.41) is 3.78. The van der Waals surface area contributed by atoms with Crippen molar-refractivity contribution in [3.63, 3.8) is 0 Å². The van der Waals surface area contributed by atoms with Gasteiger partial charge in [-0.1, -0.05) is 53.5 Å². The molecule has 29 heavy (non-hydrogen) atoms. The van der Waals surface area contributed by atoms with E-state index in [1.165, 1.54) is 4.31 Å². The molecule has 5 nitrogen and oxygen atoms in total. The quantitative estimate of drug-likeness (QED) is 0.712. The lowest BCUT2D eigenvalue weighted by atomic mass is 9.97. The molecule has 0 aliphatic carbocycles. The predicted octanol–water partition coefficient (Wildman–Crippen LogP) is 4.16. The lowest BCUT2D eigenvalue weighted by Gasteiger charge is -2.30. The van der Waals surface area contributed by atoms with Crippen molar-refractivity contribution in [2.24, 2.45) is 5.92 Å². The number of benzene rings is 2. The number of rotatable bonds is 6. The SMILES string of the molecule is Cc1ccccc1CNC(=O)C1CCN(S(=O)(=O)Cc2ccc(Cl)cc2Cl)CC1. The highest BCUT2D eigenvalue weighted by Gasteiger charge is 2.31. The molecule has 1 fully saturated rings. The smallest absolute Gasteiger partial charge is 0.223 e. The van der Waals surface area contributed by atoms with Gasteiger partial charge < -0.3 is 5.32 Å². The largest absolute Gasteiger partial charge is 0.352 e. The normalized spacial score (nSPS) is 16.0. The lowest BCUT2D eigenvalue weighted by Crippen LogP contribution is -2.43. The Morgan fingerprint density at radius 2 is 1.79 bits per heavy atom. The second-order valence-corrected chi connectivity index (χ2v) is 10.1. The van der Waals surface area contributed by atoms with E-state index in [9.17, 15) is 13.2 Å². The Morgan fingerprint density at radius 3 is 2.45 bits per heavy atom. The Morgan fingerprint density at radius 1 is 1.10 bits per heavy atom. The first-order valence-electron chi connectivity index (χ1n) is 9.50. The minimum atomic E-state index is -3.51. The maximum Gasteiger partial charge on any atom is 0.223 e. The molecule has 2 aromatic rings. The summed E-state index contributed by atoms with van der Waals surface area (Å²) >= 11 is 12.0. The van der Waals surface area contributed by atoms with E-state index in [1.807, 2.05) is 31.2 Å². The maximum absolute atomic E-state index is 12.8. The second kappa shape index (κ2) is 9.47. The van der Waals surface area contributed by atoms with Crippen LogP contribution in [0, 0.1) is 12.8 Å². The van der Waals surface area contributed by atoms with E-state index in [2.05, 4.69) is 5.32 Å². The molecule has 1 aliphatic rings. The number of hydrogen-bond acceptors (Lipinski definition) is 3. The summed E-state index contributed by atoms with van der Waals surface area (Å²) in [6.45, 7) is 3.16. The molecule has 156 valence electrons. The van der Waals surface area contributed by atoms with Crippen molar-refractivity contribution in [2.45, 2.75) is 32.1 Å². The average Bonchev–Trinajstić information content (AvgIpc) is 2.69. The Labute approximate surface area is 182 Å². The third-order valence-corrected chi connectivity index (χ3v) is 7.70. The van der Waals surface area contributed by atoms with Crippen molar-refractivity contribution in [3.05, 3.63) is 69.2 Å². The van der Waals surface area contributed by atoms with Crippen LogP contribution in [0.5, 0.6) is 0 Å². The molecular weight excluding hydrogens is 431 g/mol. The summed E-state index contributed by atoms with van der Waals surface area (Å²) in [7, 11) is -3.51. The number of aryl methyl sites for hydroxylation is 1. The van der Waals surface area contributed by atoms with E-state index >= 15 is 0 Å². The number of amides is 1. The molecular formula is C21H24Cl2N2O3S. The van der Waals surface area contributed by atoms with Gasteiger partial charge in [-0.3, -0.25) is 4.79 Å². The highest BCUT2D eigenvalue weighted by molar-refractivity contribution is 7.88. The van der Waals surface area contributed by atoms with Crippen molar-refractivity contribution < 1.29 is 13.2 Å². The maximum atomic E-state index is 12.8. The van der Waals surface area contributed by atoms with Gasteiger partial charge in [-0.25, -0.2) is 12.7 Å². The van der Waals surface area contributed by atoms with Gasteiger partial charge in [-0.15, -0.1) is 0 Å². The number of nitrogens with one attached hydrogen (secondary N) is 1. The first kappa shape index (κ1) is 22.1. The number of carbonyl (C=O) groups excluding carboxylic acids is 1. The van der Waals surface area contributed by atoms with E-state index in [0.717, 1.165) is 11.1 Å². The molecule has 1 N–H and O–H groups in total. The molecule has 1 heterocycles. The fourth-order valence-corrected chi connectivity index (χ4v) is 5.61. The lowest BCUT2D eigenvalue weighted by molar-refractivity contribution is -0.126. The van der Waals surface area contributed by atoms with Gasteiger partial charge in [-0.2, -0.15) is 0 Å². The van der Waals surface area contributed by atoms with Crippen molar-refractivity contribution >= 4 is 39.1 Å². The molecule has 0 radical (unpaired) electrons. The summed E-state index contributed by atoms with van der Waals surface area (Å²) in [5.74, 6) is -0.372. The summed E-state index contributed by atoms with van der Waals surface area (Å²) < 4.78 is 26.9. The predicted molar refractivity (Wildman–Crippen MR) is 116 cm³/mol. The number of nitrogens with zero attached hydrogens (tertiary/aromatic N) is 1. The molecule has 0 spiro atoms. The second-order valence-electron chi connectivity index (χ2n) is 7.31. The van der Waals surface area contributed by atoms with Gasteiger partial charge >= 0.3 is 0 Å². The molecule has 2 aromatic carbocycles. The number of piperidine rings is 1. The Balaban J connectivity index is 1.53. The summed E-state index contributed by atoms with van der Waals surface area (Å²) in [4.78, 5) is 12.5. The zero-order valence-electron chi connectivity index (χ0n) is 16.2. The zero-order valence-corrected chi connectivity index (χ0v) is 18.5. The molecule has 1 saturated heterocycles. The first-order valence-corrected chi connectivity index (χ1v) is 11.9. The van der Waals surface area contributed by atoms with Gasteiger partial charge in [-0.05, 0) is 48.6 Å². The molecule has 1 aliphatic heterocycles. The molecule has 0 bridgehead atoms. The Hall–Kier alpha value is -1.60. The molecule has 1 amide bonds. The number of halogens is 2. The number of sulfonamides is 1. The van der Waals surface area contributed by atoms with Crippen LogP contribution in [0.4, 0.5) is 0 Å². The van der Waals surface area contributed by atoms with E-state index < -0.39 is 10.0 Å². The topological polar surface area (TPSA) is 66.5 Å². The van der Waals surface area contributed by atoms with Gasteiger partial charge in [0.2, 0.25) is 15.9 Å². The van der Waals surface area contributed by atoms with Crippen LogP contribution in [0.3, 0.4) is 0 Å². The summed E-state index contributed by atoms with van der Waals surface area (Å²) in [6.07, 6.45) is 1.01. The highest BCUT2D eigenvalue weighted by Crippen LogP contribution is 2.26. The molecule has 8 heteroatoms. The molecule has 0 unspecified atom stereocenters. The van der Waals surface area contributed by atoms with Crippen molar-refractivity contribution in [1.82, 2.24) is 9.62 Å². The standard InChI is InChI=1S/C21H24Cl2N2O3S/c1-15-4-2-3-5-17(15)13-24-21(26)16-8-10-25(11-9-16)29(27,28)14-18-6-7-19(22)12-20(18)23/h2-7,12,16H,8-11,13-14H2,1H3,(H,24,26). The van der Waals surface area contributed by atoms with Crippen molar-refractivity contribution in [3.8, 4) is 0 Å². The van der Waals surface area contributed by atoms with E-state index in [0.29, 0.717) is 48.1 Å². The zero-order chi connectivity index (χ0) is 21.0. The summed E-state index contributed by atoms with van der Waals surface area (Å²) in [5.41, 5.74) is 2.74. The molecule has 0 aromatic heterocycles. The van der Waals surface area contributed by atoms with Crippen molar-refractivity contribution in [2.75, 3.05) is 13.1 Å². The Kier molecular flexibility index (Phi) is 7.22. The monoisotopic (exact) mass is 454 g/mol. The van der Waals surface area contributed by atoms with Crippen molar-refractivity contribution in [1.29, 1.82) is 0 Å². The van der Waals surface area contributed by atoms with Crippen LogP contribution in [-0.2, 0) is 27.1 Å². The summed E-state index contributed by atoms with van der Waals surface area (Å²) in [6, 6.07) is 12.7. The molecule has 0 atom stereocenters. The third kappa shape index (κ3) is 5.72. The van der Waals surface area contributed by atoms with E-state index in [-0.39, 0.29) is 17.6 Å². The number of hydrogen-bond donors (Lipinski definition) is 1. The fraction of sp³-hybridized carbons (Fsp3) is 0.381. The Bertz CT molecular complexity index is 987. The van der Waals surface area contributed by atoms with Gasteiger partial charge in [0.25, 0.3) is 0 Å². The van der Waals surface area contributed by atoms with Crippen LogP contribution in [0.25, 0.3) is 0 Å². The minimum Gasteiger partial charge on any atom is -0.352 e. The fourth-order valence-electron chi connectivity index (χ4n) is 3.46. The molecule has 3 rings (SSSR count). The van der Waals surface area contributed by atoms with E-state index in [4.69, 9.17) is 23.2 Å². The van der Waals surface area contributed by atoms with Gasteiger partial charge in [0.15, 0.2) is 0 Å². The van der Waals surface area contributed by atoms with Crippen LogP contribution in [0.2, 0.25) is 10.0 Å². The van der Waals surface area contributed by atoms with Crippen LogP contribution >= 0.6 is 23.2 Å². The first-order chi connectivity index (χ1) is 13.8. The van der Waals surface area contributed by atoms with Crippen LogP contribution in [0.15, 0.2) is 42.5 Å². The average molecular weight is 455 g/mol. The number of carbonyl (C=O) groups is 1. The van der Waals surface area contributed by atoms with Crippen LogP contribution < -0.4 is 5.32 Å². The van der Waals surface area contributed by atoms with E-state index in [1.54, 1.807) is 18.2 Å². The minimum absolute atomic E-state index is 0.0222. The third-order valence-electron chi connectivity index (χ3n) is 5.29. The van der Waals surface area contributed by atoms with Gasteiger partial charge in [0.1, 0.15) is 0 Å². The van der Waals surface area contributed by atoms with Gasteiger partial charge in [0, 0.05) is 35.6 Å². The van der Waals surface area contributed by atoms with Crippen LogP contribution in [0.1, 0.15) is 29.5 Å². The highest BCUT2D eigenvalue weighted by atomic mass is 35.5.